The molecule has 18 heavy (non-hydrogen) atoms. The topological polar surface area (TPSA) is 81.3 Å². The number of carbonyl (C=O) groups excluding carboxylic acids is 1. The number of hydrogen-bond donors (Lipinski definition) is 1. The summed E-state index contributed by atoms with van der Waals surface area (Å²) in [6, 6.07) is 0. The highest BCUT2D eigenvalue weighted by Gasteiger charge is 2.25. The molecule has 1 saturated heterocycles. The van der Waals surface area contributed by atoms with Crippen LogP contribution < -0.4 is 5.73 Å². The summed E-state index contributed by atoms with van der Waals surface area (Å²) < 4.78 is 4.77. The van der Waals surface area contributed by atoms with Gasteiger partial charge in [0.05, 0.1) is 13.0 Å². The molecule has 0 amide bonds. The van der Waals surface area contributed by atoms with Gasteiger partial charge >= 0.3 is 5.97 Å². The first-order valence-electron chi connectivity index (χ1n) is 6.05. The van der Waals surface area contributed by atoms with Gasteiger partial charge in [0.2, 0.25) is 5.95 Å². The number of esters is 1. The van der Waals surface area contributed by atoms with Crippen LogP contribution in [0.5, 0.6) is 0 Å². The molecule has 0 bridgehead atoms. The van der Waals surface area contributed by atoms with E-state index in [9.17, 15) is 4.79 Å². The van der Waals surface area contributed by atoms with Gasteiger partial charge in [-0.2, -0.15) is 0 Å². The van der Waals surface area contributed by atoms with E-state index in [0.717, 1.165) is 38.0 Å². The van der Waals surface area contributed by atoms with Crippen LogP contribution in [0.1, 0.15) is 18.4 Å². The molecule has 0 saturated carbocycles. The van der Waals surface area contributed by atoms with Crippen molar-refractivity contribution in [3.8, 4) is 0 Å². The molecule has 0 spiro atoms. The van der Waals surface area contributed by atoms with E-state index in [4.69, 9.17) is 10.5 Å². The Morgan fingerprint density at radius 2 is 2.06 bits per heavy atom. The van der Waals surface area contributed by atoms with Crippen LogP contribution in [0.25, 0.3) is 0 Å². The Bertz CT molecular complexity index is 399. The molecule has 2 heterocycles. The number of methoxy groups -OCH3 is 1. The number of nitrogens with two attached hydrogens (primary N) is 1. The smallest absolute Gasteiger partial charge is 0.308 e. The van der Waals surface area contributed by atoms with Crippen molar-refractivity contribution in [1.29, 1.82) is 0 Å². The second kappa shape index (κ2) is 5.77. The Morgan fingerprint density at radius 1 is 1.44 bits per heavy atom. The van der Waals surface area contributed by atoms with Crippen molar-refractivity contribution in [2.45, 2.75) is 19.4 Å². The van der Waals surface area contributed by atoms with Gasteiger partial charge in [-0.25, -0.2) is 9.97 Å². The SMILES string of the molecule is COC(=O)C1CCN(Cc2cnc(N)nc2)CC1. The lowest BCUT2D eigenvalue weighted by Gasteiger charge is -2.30. The van der Waals surface area contributed by atoms with Crippen LogP contribution in [-0.2, 0) is 16.1 Å². The van der Waals surface area contributed by atoms with Gasteiger partial charge in [0.1, 0.15) is 0 Å². The fourth-order valence-corrected chi connectivity index (χ4v) is 2.20. The van der Waals surface area contributed by atoms with Gasteiger partial charge in [-0.3, -0.25) is 9.69 Å². The number of aromatic nitrogens is 2. The highest BCUT2D eigenvalue weighted by Crippen LogP contribution is 2.19. The third-order valence-electron chi connectivity index (χ3n) is 3.25. The van der Waals surface area contributed by atoms with Crippen molar-refractivity contribution >= 4 is 11.9 Å². The Balaban J connectivity index is 1.83. The van der Waals surface area contributed by atoms with Crippen molar-refractivity contribution in [2.75, 3.05) is 25.9 Å². The van der Waals surface area contributed by atoms with Crippen LogP contribution in [-0.4, -0.2) is 41.0 Å². The number of nitrogens with zero attached hydrogens (tertiary/aromatic N) is 3. The van der Waals surface area contributed by atoms with E-state index < -0.39 is 0 Å². The standard InChI is InChI=1S/C12H18N4O2/c1-18-11(17)10-2-4-16(5-3-10)8-9-6-14-12(13)15-7-9/h6-7,10H,2-5,8H2,1H3,(H2,13,14,15). The Hall–Kier alpha value is -1.69. The first-order chi connectivity index (χ1) is 8.69. The number of ether oxygens (including phenoxy) is 1. The molecule has 2 N–H and O–H groups in total. The summed E-state index contributed by atoms with van der Waals surface area (Å²) in [6.45, 7) is 2.59. The van der Waals surface area contributed by atoms with Crippen molar-refractivity contribution in [2.24, 2.45) is 5.92 Å². The molecule has 1 aliphatic heterocycles. The fraction of sp³-hybridized carbons (Fsp3) is 0.583. The van der Waals surface area contributed by atoms with Crippen molar-refractivity contribution in [3.63, 3.8) is 0 Å². The van der Waals surface area contributed by atoms with E-state index in [-0.39, 0.29) is 11.9 Å². The van der Waals surface area contributed by atoms with Gasteiger partial charge in [-0.05, 0) is 25.9 Å². The monoisotopic (exact) mass is 250 g/mol. The maximum Gasteiger partial charge on any atom is 0.308 e. The number of hydrogen-bond acceptors (Lipinski definition) is 6. The van der Waals surface area contributed by atoms with E-state index in [1.54, 1.807) is 12.4 Å². The predicted octanol–water partition coefficient (Wildman–Crippen LogP) is 0.444. The zero-order chi connectivity index (χ0) is 13.0. The van der Waals surface area contributed by atoms with Crippen LogP contribution in [0.2, 0.25) is 0 Å². The average molecular weight is 250 g/mol. The quantitative estimate of drug-likeness (QED) is 0.784. The van der Waals surface area contributed by atoms with Gasteiger partial charge in [0.25, 0.3) is 0 Å². The minimum absolute atomic E-state index is 0.0499. The lowest BCUT2D eigenvalue weighted by Crippen LogP contribution is -2.36. The third-order valence-corrected chi connectivity index (χ3v) is 3.25. The summed E-state index contributed by atoms with van der Waals surface area (Å²) in [7, 11) is 1.44. The molecule has 0 aliphatic carbocycles. The molecule has 0 atom stereocenters. The number of rotatable bonds is 3. The molecule has 1 aliphatic rings. The molecule has 1 fully saturated rings. The van der Waals surface area contributed by atoms with E-state index in [1.165, 1.54) is 7.11 Å². The van der Waals surface area contributed by atoms with Crippen LogP contribution in [0, 0.1) is 5.92 Å². The molecular weight excluding hydrogens is 232 g/mol. The van der Waals surface area contributed by atoms with Crippen molar-refractivity contribution in [1.82, 2.24) is 14.9 Å². The normalized spacial score (nSPS) is 17.6. The maximum absolute atomic E-state index is 11.4. The minimum Gasteiger partial charge on any atom is -0.469 e. The Morgan fingerprint density at radius 3 is 2.61 bits per heavy atom. The van der Waals surface area contributed by atoms with E-state index >= 15 is 0 Å². The third kappa shape index (κ3) is 3.16. The van der Waals surface area contributed by atoms with E-state index in [2.05, 4.69) is 14.9 Å². The molecule has 0 radical (unpaired) electrons. The summed E-state index contributed by atoms with van der Waals surface area (Å²) >= 11 is 0. The molecule has 6 heteroatoms. The predicted molar refractivity (Wildman–Crippen MR) is 66.5 cm³/mol. The second-order valence-corrected chi connectivity index (χ2v) is 4.52. The van der Waals surface area contributed by atoms with Crippen molar-refractivity contribution in [3.05, 3.63) is 18.0 Å². The van der Waals surface area contributed by atoms with E-state index in [0.29, 0.717) is 5.95 Å². The first kappa shape index (κ1) is 12.8. The summed E-state index contributed by atoms with van der Waals surface area (Å²) in [6.07, 6.45) is 5.19. The van der Waals surface area contributed by atoms with Crippen LogP contribution >= 0.6 is 0 Å². The lowest BCUT2D eigenvalue weighted by molar-refractivity contribution is -0.147. The molecule has 2 rings (SSSR count). The minimum atomic E-state index is -0.0922. The number of anilines is 1. The maximum atomic E-state index is 11.4. The van der Waals surface area contributed by atoms with Gasteiger partial charge in [0, 0.05) is 24.5 Å². The second-order valence-electron chi connectivity index (χ2n) is 4.52. The van der Waals surface area contributed by atoms with Crippen LogP contribution in [0.4, 0.5) is 5.95 Å². The van der Waals surface area contributed by atoms with Gasteiger partial charge in [-0.15, -0.1) is 0 Å². The average Bonchev–Trinajstić information content (AvgIpc) is 2.41. The van der Waals surface area contributed by atoms with Gasteiger partial charge < -0.3 is 10.5 Å². The highest BCUT2D eigenvalue weighted by atomic mass is 16.5. The zero-order valence-corrected chi connectivity index (χ0v) is 10.5. The van der Waals surface area contributed by atoms with E-state index in [1.807, 2.05) is 0 Å². The van der Waals surface area contributed by atoms with Crippen molar-refractivity contribution < 1.29 is 9.53 Å². The zero-order valence-electron chi connectivity index (χ0n) is 10.5. The molecule has 98 valence electrons. The molecule has 1 aromatic heterocycles. The molecule has 0 aromatic carbocycles. The van der Waals surface area contributed by atoms with Crippen LogP contribution in [0.3, 0.4) is 0 Å². The van der Waals surface area contributed by atoms with Crippen LogP contribution in [0.15, 0.2) is 12.4 Å². The van der Waals surface area contributed by atoms with Gasteiger partial charge in [-0.1, -0.05) is 0 Å². The summed E-state index contributed by atoms with van der Waals surface area (Å²) in [5, 5.41) is 0. The molecule has 1 aromatic rings. The summed E-state index contributed by atoms with van der Waals surface area (Å²) in [5.41, 5.74) is 6.48. The summed E-state index contributed by atoms with van der Waals surface area (Å²) in [4.78, 5) is 21.6. The fourth-order valence-electron chi connectivity index (χ4n) is 2.20. The Kier molecular flexibility index (Phi) is 4.09. The number of likely N-dealkylation sites (tertiary alicyclic amines) is 1. The Labute approximate surface area is 106 Å². The number of nitrogen functional groups attached to an aromatic ring is 1. The number of piperidine rings is 1. The van der Waals surface area contributed by atoms with Gasteiger partial charge in [0.15, 0.2) is 0 Å². The molecule has 6 nitrogen and oxygen atoms in total. The molecule has 0 unspecified atom stereocenters. The summed E-state index contributed by atoms with van der Waals surface area (Å²) in [5.74, 6) is 0.252. The highest BCUT2D eigenvalue weighted by molar-refractivity contribution is 5.72. The molecular formula is C12H18N4O2. The first-order valence-corrected chi connectivity index (χ1v) is 6.05. The largest absolute Gasteiger partial charge is 0.469 e. The lowest BCUT2D eigenvalue weighted by atomic mass is 9.97. The number of carbonyl (C=O) groups is 1.